The SMILES string of the molecule is CC1(C)CC(=O)c2sc(NC(=O)C3CCN(C(=O)c4cccc5ccccc45)CC3)nc2C1. The Bertz CT molecular complexity index is 1250. The molecule has 1 aliphatic heterocycles. The number of ketones is 1. The van der Waals surface area contributed by atoms with E-state index < -0.39 is 0 Å². The Morgan fingerprint density at radius 3 is 2.58 bits per heavy atom. The molecule has 1 saturated heterocycles. The standard InChI is InChI=1S/C26H27N3O3S/c1-26(2)14-20-22(21(30)15-26)33-25(27-20)28-23(31)17-10-12-29(13-11-17)24(32)19-9-5-7-16-6-3-4-8-18(16)19/h3-9,17H,10-15H2,1-2H3,(H,27,28,31). The number of Topliss-reactive ketones (excluding diaryl/α,β-unsaturated/α-hetero) is 1. The molecule has 5 rings (SSSR count). The number of nitrogens with one attached hydrogen (secondary N) is 1. The van der Waals surface area contributed by atoms with Crippen molar-refractivity contribution in [3.05, 3.63) is 58.6 Å². The zero-order valence-electron chi connectivity index (χ0n) is 18.9. The molecule has 2 amide bonds. The third-order valence-corrected chi connectivity index (χ3v) is 7.69. The lowest BCUT2D eigenvalue weighted by Gasteiger charge is -2.31. The van der Waals surface area contributed by atoms with Gasteiger partial charge in [-0.3, -0.25) is 14.4 Å². The first-order valence-electron chi connectivity index (χ1n) is 11.4. The number of hydrogen-bond donors (Lipinski definition) is 1. The van der Waals surface area contributed by atoms with Crippen LogP contribution in [0.25, 0.3) is 10.8 Å². The number of carbonyl (C=O) groups is 3. The van der Waals surface area contributed by atoms with E-state index in [1.807, 2.05) is 47.4 Å². The molecule has 2 heterocycles. The highest BCUT2D eigenvalue weighted by Gasteiger charge is 2.35. The van der Waals surface area contributed by atoms with E-state index in [4.69, 9.17) is 0 Å². The first-order chi connectivity index (χ1) is 15.8. The minimum Gasteiger partial charge on any atom is -0.339 e. The van der Waals surface area contributed by atoms with Crippen molar-refractivity contribution in [1.29, 1.82) is 0 Å². The summed E-state index contributed by atoms with van der Waals surface area (Å²) in [6, 6.07) is 13.7. The minimum atomic E-state index is -0.172. The van der Waals surface area contributed by atoms with Crippen molar-refractivity contribution in [1.82, 2.24) is 9.88 Å². The molecule has 0 atom stereocenters. The Hall–Kier alpha value is -3.06. The maximum absolute atomic E-state index is 13.2. The van der Waals surface area contributed by atoms with Crippen LogP contribution in [-0.4, -0.2) is 40.6 Å². The second-order valence-corrected chi connectivity index (χ2v) is 10.8. The maximum atomic E-state index is 13.2. The van der Waals surface area contributed by atoms with E-state index in [0.717, 1.165) is 22.9 Å². The number of fused-ring (bicyclic) bond motifs is 2. The molecule has 1 fully saturated rings. The molecule has 1 aliphatic carbocycles. The molecule has 2 aromatic carbocycles. The lowest BCUT2D eigenvalue weighted by Crippen LogP contribution is -2.41. The van der Waals surface area contributed by atoms with Gasteiger partial charge in [0.15, 0.2) is 10.9 Å². The van der Waals surface area contributed by atoms with Gasteiger partial charge >= 0.3 is 0 Å². The number of benzene rings is 2. The van der Waals surface area contributed by atoms with Crippen LogP contribution in [-0.2, 0) is 11.2 Å². The first-order valence-corrected chi connectivity index (χ1v) is 12.2. The van der Waals surface area contributed by atoms with Crippen molar-refractivity contribution >= 4 is 44.8 Å². The molecule has 7 heteroatoms. The zero-order valence-corrected chi connectivity index (χ0v) is 19.7. The number of hydrogen-bond acceptors (Lipinski definition) is 5. The van der Waals surface area contributed by atoms with Crippen molar-refractivity contribution in [3.8, 4) is 0 Å². The smallest absolute Gasteiger partial charge is 0.254 e. The Balaban J connectivity index is 1.22. The van der Waals surface area contributed by atoms with Gasteiger partial charge < -0.3 is 10.2 Å². The van der Waals surface area contributed by atoms with E-state index in [1.54, 1.807) is 0 Å². The summed E-state index contributed by atoms with van der Waals surface area (Å²) in [5.74, 6) is -0.126. The number of nitrogens with zero attached hydrogens (tertiary/aromatic N) is 2. The van der Waals surface area contributed by atoms with E-state index in [1.165, 1.54) is 11.3 Å². The number of anilines is 1. The molecule has 0 unspecified atom stereocenters. The van der Waals surface area contributed by atoms with Crippen LogP contribution in [0.3, 0.4) is 0 Å². The fraction of sp³-hybridized carbons (Fsp3) is 0.385. The highest BCUT2D eigenvalue weighted by Crippen LogP contribution is 2.38. The van der Waals surface area contributed by atoms with Gasteiger partial charge in [-0.25, -0.2) is 4.98 Å². The van der Waals surface area contributed by atoms with Gasteiger partial charge in [-0.2, -0.15) is 0 Å². The van der Waals surface area contributed by atoms with Crippen molar-refractivity contribution in [3.63, 3.8) is 0 Å². The fourth-order valence-corrected chi connectivity index (χ4v) is 5.83. The average Bonchev–Trinajstić information content (AvgIpc) is 3.19. The summed E-state index contributed by atoms with van der Waals surface area (Å²) in [4.78, 5) is 45.5. The van der Waals surface area contributed by atoms with Crippen LogP contribution in [0, 0.1) is 11.3 Å². The first kappa shape index (κ1) is 21.8. The van der Waals surface area contributed by atoms with Crippen LogP contribution in [0.1, 0.15) is 58.8 Å². The molecule has 2 aliphatic rings. The minimum absolute atomic E-state index is 0.0133. The Kier molecular flexibility index (Phi) is 5.52. The maximum Gasteiger partial charge on any atom is 0.254 e. The number of likely N-dealkylation sites (tertiary alicyclic amines) is 1. The monoisotopic (exact) mass is 461 g/mol. The molecule has 0 spiro atoms. The highest BCUT2D eigenvalue weighted by atomic mass is 32.1. The van der Waals surface area contributed by atoms with Gasteiger partial charge in [0.05, 0.1) is 10.6 Å². The van der Waals surface area contributed by atoms with Crippen molar-refractivity contribution in [2.75, 3.05) is 18.4 Å². The molecule has 33 heavy (non-hydrogen) atoms. The van der Waals surface area contributed by atoms with Crippen LogP contribution >= 0.6 is 11.3 Å². The van der Waals surface area contributed by atoms with E-state index in [0.29, 0.717) is 47.9 Å². The second kappa shape index (κ2) is 8.37. The molecule has 6 nitrogen and oxygen atoms in total. The third kappa shape index (κ3) is 4.29. The summed E-state index contributed by atoms with van der Waals surface area (Å²) < 4.78 is 0. The van der Waals surface area contributed by atoms with Gasteiger partial charge in [0.2, 0.25) is 5.91 Å². The van der Waals surface area contributed by atoms with E-state index in [9.17, 15) is 14.4 Å². The Morgan fingerprint density at radius 1 is 1.06 bits per heavy atom. The number of amides is 2. The van der Waals surface area contributed by atoms with Crippen LogP contribution in [0.15, 0.2) is 42.5 Å². The summed E-state index contributed by atoms with van der Waals surface area (Å²) in [6.45, 7) is 5.22. The summed E-state index contributed by atoms with van der Waals surface area (Å²) in [7, 11) is 0. The number of carbonyl (C=O) groups excluding carboxylic acids is 3. The number of thiazole rings is 1. The molecular formula is C26H27N3O3S. The average molecular weight is 462 g/mol. The van der Waals surface area contributed by atoms with E-state index in [2.05, 4.69) is 24.1 Å². The Labute approximate surface area is 197 Å². The van der Waals surface area contributed by atoms with Crippen molar-refractivity contribution in [2.45, 2.75) is 39.5 Å². The highest BCUT2D eigenvalue weighted by molar-refractivity contribution is 7.17. The predicted molar refractivity (Wildman–Crippen MR) is 130 cm³/mol. The molecule has 1 N–H and O–H groups in total. The van der Waals surface area contributed by atoms with E-state index in [-0.39, 0.29) is 28.9 Å². The molecule has 1 aromatic heterocycles. The summed E-state index contributed by atoms with van der Waals surface area (Å²) in [5.41, 5.74) is 1.41. The van der Waals surface area contributed by atoms with Crippen LogP contribution < -0.4 is 5.32 Å². The molecular weight excluding hydrogens is 434 g/mol. The summed E-state index contributed by atoms with van der Waals surface area (Å²) in [6.07, 6.45) is 2.48. The number of aromatic nitrogens is 1. The van der Waals surface area contributed by atoms with Gasteiger partial charge in [-0.1, -0.05) is 61.6 Å². The van der Waals surface area contributed by atoms with Gasteiger partial charge in [0.25, 0.3) is 5.91 Å². The predicted octanol–water partition coefficient (Wildman–Crippen LogP) is 4.94. The molecule has 170 valence electrons. The van der Waals surface area contributed by atoms with Crippen LogP contribution in [0.4, 0.5) is 5.13 Å². The number of rotatable bonds is 3. The van der Waals surface area contributed by atoms with Gasteiger partial charge in [-0.15, -0.1) is 0 Å². The molecule has 0 radical (unpaired) electrons. The molecule has 3 aromatic rings. The van der Waals surface area contributed by atoms with Gasteiger partial charge in [0.1, 0.15) is 0 Å². The number of piperidine rings is 1. The normalized spacial score (nSPS) is 18.2. The largest absolute Gasteiger partial charge is 0.339 e. The lowest BCUT2D eigenvalue weighted by atomic mass is 9.78. The second-order valence-electron chi connectivity index (χ2n) is 9.82. The molecule has 0 saturated carbocycles. The van der Waals surface area contributed by atoms with Crippen molar-refractivity contribution < 1.29 is 14.4 Å². The third-order valence-electron chi connectivity index (χ3n) is 6.64. The fourth-order valence-electron chi connectivity index (χ4n) is 4.91. The zero-order chi connectivity index (χ0) is 23.2. The van der Waals surface area contributed by atoms with Crippen LogP contribution in [0.2, 0.25) is 0 Å². The molecule has 0 bridgehead atoms. The van der Waals surface area contributed by atoms with Gasteiger partial charge in [0, 0.05) is 31.0 Å². The summed E-state index contributed by atoms with van der Waals surface area (Å²) >= 11 is 1.28. The van der Waals surface area contributed by atoms with Gasteiger partial charge in [-0.05, 0) is 41.5 Å². The summed E-state index contributed by atoms with van der Waals surface area (Å²) in [5, 5.41) is 5.44. The van der Waals surface area contributed by atoms with Crippen molar-refractivity contribution in [2.24, 2.45) is 11.3 Å². The Morgan fingerprint density at radius 2 is 1.79 bits per heavy atom. The quantitative estimate of drug-likeness (QED) is 0.599. The van der Waals surface area contributed by atoms with E-state index >= 15 is 0 Å². The topological polar surface area (TPSA) is 79.4 Å². The lowest BCUT2D eigenvalue weighted by molar-refractivity contribution is -0.121. The van der Waals surface area contributed by atoms with Crippen LogP contribution in [0.5, 0.6) is 0 Å².